The second-order valence-corrected chi connectivity index (χ2v) is 10.6. The highest BCUT2D eigenvalue weighted by molar-refractivity contribution is 5.95. The first-order valence-corrected chi connectivity index (χ1v) is 11.6. The number of ketones is 1. The summed E-state index contributed by atoms with van der Waals surface area (Å²) in [6, 6.07) is 0. The van der Waals surface area contributed by atoms with E-state index in [9.17, 15) is 15.0 Å². The maximum absolute atomic E-state index is 13.1. The Morgan fingerprint density at radius 2 is 1.93 bits per heavy atom. The van der Waals surface area contributed by atoms with Gasteiger partial charge in [0.15, 0.2) is 5.78 Å². The average Bonchev–Trinajstić information content (AvgIpc) is 3.05. The number of hydrogen-bond donors (Lipinski definition) is 2. The van der Waals surface area contributed by atoms with Crippen LogP contribution in [0.15, 0.2) is 29.5 Å². The van der Waals surface area contributed by atoms with Crippen molar-refractivity contribution in [3.05, 3.63) is 24.3 Å². The van der Waals surface area contributed by atoms with Gasteiger partial charge < -0.3 is 15.1 Å². The minimum atomic E-state index is -0.786. The van der Waals surface area contributed by atoms with Crippen molar-refractivity contribution in [1.82, 2.24) is 0 Å². The van der Waals surface area contributed by atoms with Gasteiger partial charge in [0.05, 0.1) is 17.9 Å². The Labute approximate surface area is 180 Å². The topological polar surface area (TPSA) is 79.1 Å². The number of nitrogens with zero attached hydrogens (tertiary/aromatic N) is 1. The number of aliphatic hydroxyl groups is 2. The largest absolute Gasteiger partial charge is 0.396 e. The third-order valence-corrected chi connectivity index (χ3v) is 9.05. The molecular formula is C25H37NO4. The van der Waals surface area contributed by atoms with Crippen molar-refractivity contribution < 1.29 is 19.8 Å². The van der Waals surface area contributed by atoms with E-state index in [2.05, 4.69) is 32.5 Å². The quantitative estimate of drug-likeness (QED) is 0.307. The molecule has 4 rings (SSSR count). The molecular weight excluding hydrogens is 378 g/mol. The lowest BCUT2D eigenvalue weighted by Crippen LogP contribution is -2.55. The number of oxime groups is 1. The van der Waals surface area contributed by atoms with Crippen molar-refractivity contribution in [3.8, 4) is 0 Å². The number of carbonyl (C=O) groups is 1. The Kier molecular flexibility index (Phi) is 5.73. The molecule has 30 heavy (non-hydrogen) atoms. The van der Waals surface area contributed by atoms with Crippen molar-refractivity contribution in [1.29, 1.82) is 0 Å². The molecule has 0 saturated heterocycles. The number of fused-ring (bicyclic) bond motifs is 5. The van der Waals surface area contributed by atoms with E-state index in [0.29, 0.717) is 37.2 Å². The third kappa shape index (κ3) is 3.29. The lowest BCUT2D eigenvalue weighted by Gasteiger charge is -2.57. The molecule has 5 heteroatoms. The smallest absolute Gasteiger partial charge is 0.159 e. The van der Waals surface area contributed by atoms with Gasteiger partial charge in [0.1, 0.15) is 6.61 Å². The summed E-state index contributed by atoms with van der Waals surface area (Å²) in [5.41, 5.74) is 2.20. The van der Waals surface area contributed by atoms with Crippen LogP contribution in [0, 0.1) is 34.5 Å². The molecule has 1 unspecified atom stereocenters. The first-order valence-electron chi connectivity index (χ1n) is 11.6. The minimum Gasteiger partial charge on any atom is -0.396 e. The molecule has 3 saturated carbocycles. The molecule has 5 nitrogen and oxygen atoms in total. The SMILES string of the molecule is C=CCCO/N=C(/C)[C@H]1CC[C@H]2C3=CC(=O)[C@@H]4C[C@@H](O)[C@@H](O)C[C@]4(C)C3CC[C@]12C. The van der Waals surface area contributed by atoms with Crippen LogP contribution in [0.4, 0.5) is 0 Å². The van der Waals surface area contributed by atoms with Gasteiger partial charge >= 0.3 is 0 Å². The summed E-state index contributed by atoms with van der Waals surface area (Å²) in [5.74, 6) is 1.05. The van der Waals surface area contributed by atoms with Gasteiger partial charge in [0.2, 0.25) is 0 Å². The van der Waals surface area contributed by atoms with Gasteiger partial charge in [-0.25, -0.2) is 0 Å². The van der Waals surface area contributed by atoms with Gasteiger partial charge in [0, 0.05) is 18.3 Å². The van der Waals surface area contributed by atoms with Crippen LogP contribution in [0.1, 0.15) is 65.7 Å². The molecule has 4 aliphatic carbocycles. The van der Waals surface area contributed by atoms with Crippen LogP contribution in [0.2, 0.25) is 0 Å². The third-order valence-electron chi connectivity index (χ3n) is 9.05. The van der Waals surface area contributed by atoms with E-state index < -0.39 is 12.2 Å². The van der Waals surface area contributed by atoms with E-state index in [-0.39, 0.29) is 22.5 Å². The van der Waals surface area contributed by atoms with Crippen molar-refractivity contribution in [2.75, 3.05) is 6.61 Å². The number of rotatable bonds is 5. The van der Waals surface area contributed by atoms with Gasteiger partial charge in [-0.1, -0.05) is 30.7 Å². The normalized spacial score (nSPS) is 45.8. The number of aliphatic hydroxyl groups excluding tert-OH is 2. The van der Waals surface area contributed by atoms with E-state index in [1.165, 1.54) is 5.57 Å². The molecule has 0 heterocycles. The maximum atomic E-state index is 13.1. The van der Waals surface area contributed by atoms with E-state index in [1.54, 1.807) is 0 Å². The van der Waals surface area contributed by atoms with E-state index in [1.807, 2.05) is 12.2 Å². The summed E-state index contributed by atoms with van der Waals surface area (Å²) in [7, 11) is 0. The minimum absolute atomic E-state index is 0.0913. The van der Waals surface area contributed by atoms with E-state index >= 15 is 0 Å². The maximum Gasteiger partial charge on any atom is 0.159 e. The molecule has 2 N–H and O–H groups in total. The number of hydrogen-bond acceptors (Lipinski definition) is 5. The fourth-order valence-corrected chi connectivity index (χ4v) is 7.43. The fourth-order valence-electron chi connectivity index (χ4n) is 7.43. The molecule has 0 radical (unpaired) electrons. The Bertz CT molecular complexity index is 773. The summed E-state index contributed by atoms with van der Waals surface area (Å²) in [6.07, 6.45) is 8.20. The molecule has 0 spiro atoms. The molecule has 0 amide bonds. The van der Waals surface area contributed by atoms with Crippen LogP contribution in [0.25, 0.3) is 0 Å². The molecule has 8 atom stereocenters. The summed E-state index contributed by atoms with van der Waals surface area (Å²) < 4.78 is 0. The second kappa shape index (κ2) is 7.90. The van der Waals surface area contributed by atoms with Crippen molar-refractivity contribution in [2.45, 2.75) is 77.9 Å². The number of allylic oxidation sites excluding steroid dienone is 2. The lowest BCUT2D eigenvalue weighted by molar-refractivity contribution is -0.142. The standard InChI is InChI=1S/C25H37NO4/c1-5-6-11-30-26-15(2)17-7-8-18-16-12-21(27)20-13-22(28)23(29)14-25(20,4)19(16)9-10-24(17,18)3/h5,12,17-20,22-23,28-29H,1,6-11,13-14H2,2-4H3/b26-15-/t17-,18+,19?,20+,22-,23+,24-,25-/m1/s1. The van der Waals surface area contributed by atoms with Gasteiger partial charge in [0.25, 0.3) is 0 Å². The molecule has 0 bridgehead atoms. The van der Waals surface area contributed by atoms with Gasteiger partial charge in [-0.15, -0.1) is 6.58 Å². The zero-order valence-electron chi connectivity index (χ0n) is 18.6. The summed E-state index contributed by atoms with van der Waals surface area (Å²) in [5, 5.41) is 25.0. The first kappa shape index (κ1) is 21.8. The van der Waals surface area contributed by atoms with Crippen LogP contribution in [-0.4, -0.2) is 40.5 Å². The predicted molar refractivity (Wildman–Crippen MR) is 117 cm³/mol. The summed E-state index contributed by atoms with van der Waals surface area (Å²) in [6.45, 7) is 10.9. The molecule has 4 aliphatic rings. The molecule has 166 valence electrons. The highest BCUT2D eigenvalue weighted by Crippen LogP contribution is 2.65. The first-order chi connectivity index (χ1) is 14.2. The number of carbonyl (C=O) groups excluding carboxylic acids is 1. The van der Waals surface area contributed by atoms with E-state index in [0.717, 1.165) is 37.8 Å². The van der Waals surface area contributed by atoms with Crippen LogP contribution >= 0.6 is 0 Å². The van der Waals surface area contributed by atoms with Crippen molar-refractivity contribution in [2.24, 2.45) is 39.7 Å². The Hall–Kier alpha value is -1.46. The zero-order chi connectivity index (χ0) is 21.7. The van der Waals surface area contributed by atoms with Crippen molar-refractivity contribution >= 4 is 11.5 Å². The second-order valence-electron chi connectivity index (χ2n) is 10.6. The van der Waals surface area contributed by atoms with Crippen LogP contribution in [0.5, 0.6) is 0 Å². The molecule has 0 aromatic rings. The van der Waals surface area contributed by atoms with Crippen LogP contribution < -0.4 is 0 Å². The predicted octanol–water partition coefficient (Wildman–Crippen LogP) is 4.04. The Morgan fingerprint density at radius 3 is 2.67 bits per heavy atom. The Morgan fingerprint density at radius 1 is 1.20 bits per heavy atom. The summed E-state index contributed by atoms with van der Waals surface area (Å²) in [4.78, 5) is 18.6. The molecule has 0 aromatic carbocycles. The molecule has 3 fully saturated rings. The average molecular weight is 416 g/mol. The lowest BCUT2D eigenvalue weighted by atomic mass is 9.47. The zero-order valence-corrected chi connectivity index (χ0v) is 18.6. The highest BCUT2D eigenvalue weighted by Gasteiger charge is 2.60. The van der Waals surface area contributed by atoms with Crippen LogP contribution in [0.3, 0.4) is 0 Å². The summed E-state index contributed by atoms with van der Waals surface area (Å²) >= 11 is 0. The van der Waals surface area contributed by atoms with Crippen molar-refractivity contribution in [3.63, 3.8) is 0 Å². The monoisotopic (exact) mass is 415 g/mol. The molecule has 0 aromatic heterocycles. The van der Waals surface area contributed by atoms with E-state index in [4.69, 9.17) is 4.84 Å². The molecule has 0 aliphatic heterocycles. The fraction of sp³-hybridized carbons (Fsp3) is 0.760. The van der Waals surface area contributed by atoms with Crippen LogP contribution in [-0.2, 0) is 9.63 Å². The van der Waals surface area contributed by atoms with Gasteiger partial charge in [-0.05, 0) is 74.2 Å². The highest BCUT2D eigenvalue weighted by atomic mass is 16.6. The van der Waals surface area contributed by atoms with Gasteiger partial charge in [-0.2, -0.15) is 0 Å². The Balaban J connectivity index is 1.60. The van der Waals surface area contributed by atoms with Gasteiger partial charge in [-0.3, -0.25) is 4.79 Å².